The van der Waals surface area contributed by atoms with Gasteiger partial charge >= 0.3 is 12.1 Å². The number of nitrogens with zero attached hydrogens (tertiary/aromatic N) is 2. The van der Waals surface area contributed by atoms with Gasteiger partial charge in [0.15, 0.2) is 5.69 Å². The standard InChI is InChI=1S/C11H8F3IN2O2/c1-2-19-10(18)8-9(15)17-6(11(12,13)14)4-3-5-7(17)16-8/h3-5H,2H2,1H3. The van der Waals surface area contributed by atoms with Gasteiger partial charge in [0.2, 0.25) is 0 Å². The first-order valence-electron chi connectivity index (χ1n) is 5.27. The van der Waals surface area contributed by atoms with E-state index >= 15 is 0 Å². The molecule has 0 bridgehead atoms. The first-order valence-corrected chi connectivity index (χ1v) is 6.35. The molecule has 0 atom stereocenters. The second-order valence-electron chi connectivity index (χ2n) is 3.57. The van der Waals surface area contributed by atoms with Crippen LogP contribution >= 0.6 is 22.6 Å². The lowest BCUT2D eigenvalue weighted by Gasteiger charge is -2.09. The Morgan fingerprint density at radius 3 is 2.74 bits per heavy atom. The van der Waals surface area contributed by atoms with Gasteiger partial charge in [-0.3, -0.25) is 4.40 Å². The molecule has 0 aliphatic carbocycles. The number of ether oxygens (including phenoxy) is 1. The van der Waals surface area contributed by atoms with Gasteiger partial charge in [0, 0.05) is 0 Å². The van der Waals surface area contributed by atoms with Crippen LogP contribution in [0.5, 0.6) is 0 Å². The number of carbonyl (C=O) groups is 1. The summed E-state index contributed by atoms with van der Waals surface area (Å²) in [6.45, 7) is 1.75. The number of esters is 1. The normalized spacial score (nSPS) is 11.8. The Kier molecular flexibility index (Phi) is 3.70. The third-order valence-electron chi connectivity index (χ3n) is 2.35. The predicted octanol–water partition coefficient (Wildman–Crippen LogP) is 3.13. The zero-order valence-electron chi connectivity index (χ0n) is 9.66. The molecule has 4 nitrogen and oxygen atoms in total. The minimum absolute atomic E-state index is 0.0577. The van der Waals surface area contributed by atoms with E-state index in [-0.39, 0.29) is 21.6 Å². The van der Waals surface area contributed by atoms with Crippen molar-refractivity contribution in [2.24, 2.45) is 0 Å². The topological polar surface area (TPSA) is 43.6 Å². The first kappa shape index (κ1) is 14.1. The zero-order chi connectivity index (χ0) is 14.2. The summed E-state index contributed by atoms with van der Waals surface area (Å²) in [5, 5.41) is 0. The molecule has 2 rings (SSSR count). The monoisotopic (exact) mass is 384 g/mol. The summed E-state index contributed by atoms with van der Waals surface area (Å²) < 4.78 is 44.4. The Morgan fingerprint density at radius 1 is 1.47 bits per heavy atom. The van der Waals surface area contributed by atoms with Gasteiger partial charge in [-0.2, -0.15) is 13.2 Å². The summed E-state index contributed by atoms with van der Waals surface area (Å²) in [5.74, 6) is -0.733. The van der Waals surface area contributed by atoms with Gasteiger partial charge in [0.1, 0.15) is 15.0 Å². The fraction of sp³-hybridized carbons (Fsp3) is 0.273. The SMILES string of the molecule is CCOC(=O)c1nc2cccc(C(F)(F)F)n2c1I. The highest BCUT2D eigenvalue weighted by atomic mass is 127. The Balaban J connectivity index is 2.68. The average molecular weight is 384 g/mol. The van der Waals surface area contributed by atoms with Gasteiger partial charge in [-0.1, -0.05) is 6.07 Å². The summed E-state index contributed by atoms with van der Waals surface area (Å²) in [5.41, 5.74) is -0.932. The largest absolute Gasteiger partial charge is 0.461 e. The van der Waals surface area contributed by atoms with Crippen molar-refractivity contribution >= 4 is 34.2 Å². The Labute approximate surface area is 119 Å². The molecule has 0 fully saturated rings. The first-order chi connectivity index (χ1) is 8.86. The summed E-state index contributed by atoms with van der Waals surface area (Å²) in [6, 6.07) is 3.59. The van der Waals surface area contributed by atoms with Crippen LogP contribution in [0.4, 0.5) is 13.2 Å². The molecule has 2 heterocycles. The molecule has 0 radical (unpaired) electrons. The highest BCUT2D eigenvalue weighted by Gasteiger charge is 2.35. The van der Waals surface area contributed by atoms with E-state index in [0.29, 0.717) is 0 Å². The van der Waals surface area contributed by atoms with Crippen LogP contribution in [0.15, 0.2) is 18.2 Å². The molecule has 0 N–H and O–H groups in total. The number of hydrogen-bond acceptors (Lipinski definition) is 3. The van der Waals surface area contributed by atoms with E-state index in [9.17, 15) is 18.0 Å². The fourth-order valence-electron chi connectivity index (χ4n) is 1.61. The number of halogens is 4. The van der Waals surface area contributed by atoms with Crippen molar-refractivity contribution in [2.75, 3.05) is 6.61 Å². The van der Waals surface area contributed by atoms with Gasteiger partial charge < -0.3 is 4.74 Å². The summed E-state index contributed by atoms with van der Waals surface area (Å²) in [7, 11) is 0. The molecule has 0 saturated carbocycles. The lowest BCUT2D eigenvalue weighted by Crippen LogP contribution is -2.13. The van der Waals surface area contributed by atoms with Crippen molar-refractivity contribution in [3.63, 3.8) is 0 Å². The number of aromatic nitrogens is 2. The molecular formula is C11H8F3IN2O2. The molecule has 0 aliphatic rings. The van der Waals surface area contributed by atoms with E-state index in [0.717, 1.165) is 10.5 Å². The van der Waals surface area contributed by atoms with Crippen LogP contribution in [-0.2, 0) is 10.9 Å². The van der Waals surface area contributed by atoms with Crippen molar-refractivity contribution in [2.45, 2.75) is 13.1 Å². The second kappa shape index (κ2) is 4.99. The van der Waals surface area contributed by atoms with E-state index in [2.05, 4.69) is 4.98 Å². The summed E-state index contributed by atoms with van der Waals surface area (Å²) >= 11 is 1.65. The van der Waals surface area contributed by atoms with Crippen molar-refractivity contribution in [1.29, 1.82) is 0 Å². The van der Waals surface area contributed by atoms with E-state index in [4.69, 9.17) is 4.74 Å². The molecule has 0 saturated heterocycles. The Bertz CT molecular complexity index is 637. The molecule has 0 spiro atoms. The van der Waals surface area contributed by atoms with Crippen molar-refractivity contribution in [3.8, 4) is 0 Å². The molecule has 8 heteroatoms. The summed E-state index contributed by atoms with van der Waals surface area (Å²) in [4.78, 5) is 15.5. The smallest absolute Gasteiger partial charge is 0.431 e. The number of imidazole rings is 1. The molecule has 0 amide bonds. The number of hydrogen-bond donors (Lipinski definition) is 0. The Morgan fingerprint density at radius 2 is 2.16 bits per heavy atom. The van der Waals surface area contributed by atoms with E-state index in [1.54, 1.807) is 29.5 Å². The number of pyridine rings is 1. The Hall–Kier alpha value is -1.32. The predicted molar refractivity (Wildman–Crippen MR) is 68.9 cm³/mol. The number of fused-ring (bicyclic) bond motifs is 1. The third kappa shape index (κ3) is 2.53. The van der Waals surface area contributed by atoms with Crippen molar-refractivity contribution < 1.29 is 22.7 Å². The number of rotatable bonds is 2. The number of carbonyl (C=O) groups excluding carboxylic acids is 1. The molecule has 102 valence electrons. The van der Waals surface area contributed by atoms with E-state index in [1.165, 1.54) is 12.1 Å². The van der Waals surface area contributed by atoms with Crippen LogP contribution in [0.25, 0.3) is 5.65 Å². The van der Waals surface area contributed by atoms with Gasteiger partial charge in [-0.25, -0.2) is 9.78 Å². The maximum absolute atomic E-state index is 12.9. The lowest BCUT2D eigenvalue weighted by atomic mass is 10.3. The maximum Gasteiger partial charge on any atom is 0.431 e. The minimum Gasteiger partial charge on any atom is -0.461 e. The quantitative estimate of drug-likeness (QED) is 0.591. The highest BCUT2D eigenvalue weighted by molar-refractivity contribution is 14.1. The van der Waals surface area contributed by atoms with Crippen LogP contribution in [0, 0.1) is 3.70 Å². The van der Waals surface area contributed by atoms with E-state index < -0.39 is 17.8 Å². The zero-order valence-corrected chi connectivity index (χ0v) is 11.8. The van der Waals surface area contributed by atoms with E-state index in [1.807, 2.05) is 0 Å². The van der Waals surface area contributed by atoms with Gasteiger partial charge in [-0.05, 0) is 41.6 Å². The van der Waals surface area contributed by atoms with Crippen LogP contribution < -0.4 is 0 Å². The fourth-order valence-corrected chi connectivity index (χ4v) is 2.46. The van der Waals surface area contributed by atoms with Crippen LogP contribution in [0.1, 0.15) is 23.1 Å². The third-order valence-corrected chi connectivity index (χ3v) is 3.34. The highest BCUT2D eigenvalue weighted by Crippen LogP contribution is 2.31. The molecule has 0 aromatic carbocycles. The lowest BCUT2D eigenvalue weighted by molar-refractivity contribution is -0.142. The summed E-state index contributed by atoms with van der Waals surface area (Å²) in [6.07, 6.45) is -4.52. The molecule has 0 unspecified atom stereocenters. The van der Waals surface area contributed by atoms with Crippen LogP contribution in [0.2, 0.25) is 0 Å². The molecule has 2 aromatic heterocycles. The second-order valence-corrected chi connectivity index (χ2v) is 4.60. The van der Waals surface area contributed by atoms with Gasteiger partial charge in [0.25, 0.3) is 0 Å². The molecular weight excluding hydrogens is 376 g/mol. The van der Waals surface area contributed by atoms with Gasteiger partial charge in [-0.15, -0.1) is 0 Å². The van der Waals surface area contributed by atoms with Crippen molar-refractivity contribution in [3.05, 3.63) is 33.3 Å². The molecule has 2 aromatic rings. The maximum atomic E-state index is 12.9. The van der Waals surface area contributed by atoms with Crippen molar-refractivity contribution in [1.82, 2.24) is 9.38 Å². The van der Waals surface area contributed by atoms with Crippen LogP contribution in [-0.4, -0.2) is 22.0 Å². The molecule has 19 heavy (non-hydrogen) atoms. The number of alkyl halides is 3. The minimum atomic E-state index is -4.52. The average Bonchev–Trinajstić information content (AvgIpc) is 2.66. The molecule has 0 aliphatic heterocycles. The van der Waals surface area contributed by atoms with Gasteiger partial charge in [0.05, 0.1) is 6.61 Å². The van der Waals surface area contributed by atoms with Crippen LogP contribution in [0.3, 0.4) is 0 Å².